The standard InChI is InChI=1S/C23H14F2N2OS2/c24-16-10-14(11-17(25)12-16)13-26-21-20(15-6-2-1-3-7-15)30-23(29)27(21)19-9-5-4-8-18(19)22(26)28/h1-12H,13H2. The first-order valence-corrected chi connectivity index (χ1v) is 10.4. The van der Waals surface area contributed by atoms with Gasteiger partial charge in [-0.2, -0.15) is 0 Å². The molecular formula is C23H14F2N2OS2. The molecule has 0 saturated carbocycles. The SMILES string of the molecule is O=c1c2ccccc2n2c(=S)sc(-c3ccccc3)c2n1Cc1cc(F)cc(F)c1. The quantitative estimate of drug-likeness (QED) is 0.323. The third kappa shape index (κ3) is 3.07. The Balaban J connectivity index is 1.91. The highest BCUT2D eigenvalue weighted by molar-refractivity contribution is 7.73. The molecule has 0 aliphatic carbocycles. The molecule has 0 spiro atoms. The third-order valence-corrected chi connectivity index (χ3v) is 6.37. The Kier molecular flexibility index (Phi) is 4.56. The van der Waals surface area contributed by atoms with Gasteiger partial charge < -0.3 is 0 Å². The van der Waals surface area contributed by atoms with Crippen molar-refractivity contribution < 1.29 is 8.78 Å². The molecule has 0 atom stereocenters. The number of aromatic nitrogens is 2. The van der Waals surface area contributed by atoms with Crippen molar-refractivity contribution in [2.45, 2.75) is 6.54 Å². The number of nitrogens with zero attached hydrogens (tertiary/aromatic N) is 2. The lowest BCUT2D eigenvalue weighted by molar-refractivity contribution is 0.577. The lowest BCUT2D eigenvalue weighted by Crippen LogP contribution is -2.23. The van der Waals surface area contributed by atoms with E-state index in [-0.39, 0.29) is 12.1 Å². The van der Waals surface area contributed by atoms with E-state index in [1.807, 2.05) is 46.9 Å². The van der Waals surface area contributed by atoms with E-state index in [0.717, 1.165) is 16.5 Å². The lowest BCUT2D eigenvalue weighted by atomic mass is 10.1. The molecule has 148 valence electrons. The molecule has 0 fully saturated rings. The average Bonchev–Trinajstić information content (AvgIpc) is 3.08. The van der Waals surface area contributed by atoms with Crippen molar-refractivity contribution in [2.24, 2.45) is 0 Å². The summed E-state index contributed by atoms with van der Waals surface area (Å²) in [5.41, 5.74) is 2.38. The van der Waals surface area contributed by atoms with E-state index in [2.05, 4.69) is 0 Å². The molecule has 0 radical (unpaired) electrons. The summed E-state index contributed by atoms with van der Waals surface area (Å²) in [7, 11) is 0. The molecule has 2 aromatic heterocycles. The van der Waals surface area contributed by atoms with Crippen LogP contribution in [0.2, 0.25) is 0 Å². The van der Waals surface area contributed by atoms with Crippen molar-refractivity contribution >= 4 is 40.1 Å². The highest BCUT2D eigenvalue weighted by Gasteiger charge is 2.18. The molecule has 30 heavy (non-hydrogen) atoms. The van der Waals surface area contributed by atoms with E-state index in [1.165, 1.54) is 23.5 Å². The summed E-state index contributed by atoms with van der Waals surface area (Å²) in [6.07, 6.45) is 0. The first-order chi connectivity index (χ1) is 14.5. The summed E-state index contributed by atoms with van der Waals surface area (Å²) in [4.78, 5) is 14.3. The average molecular weight is 437 g/mol. The topological polar surface area (TPSA) is 26.4 Å². The van der Waals surface area contributed by atoms with Crippen LogP contribution < -0.4 is 5.56 Å². The van der Waals surface area contributed by atoms with Gasteiger partial charge in [-0.25, -0.2) is 8.78 Å². The predicted molar refractivity (Wildman–Crippen MR) is 119 cm³/mol. The fourth-order valence-corrected chi connectivity index (χ4v) is 5.15. The maximum absolute atomic E-state index is 13.8. The minimum Gasteiger partial charge on any atom is -0.288 e. The second kappa shape index (κ2) is 7.27. The van der Waals surface area contributed by atoms with Crippen LogP contribution in [0.4, 0.5) is 8.78 Å². The van der Waals surface area contributed by atoms with Crippen LogP contribution in [0.15, 0.2) is 77.6 Å². The molecule has 5 rings (SSSR count). The first kappa shape index (κ1) is 18.8. The number of fused-ring (bicyclic) bond motifs is 3. The molecule has 0 amide bonds. The largest absolute Gasteiger partial charge is 0.288 e. The van der Waals surface area contributed by atoms with Crippen LogP contribution in [0.25, 0.3) is 27.0 Å². The number of rotatable bonds is 3. The van der Waals surface area contributed by atoms with E-state index in [0.29, 0.717) is 26.1 Å². The molecular weight excluding hydrogens is 422 g/mol. The van der Waals surface area contributed by atoms with Crippen molar-refractivity contribution in [1.29, 1.82) is 0 Å². The Bertz CT molecular complexity index is 1510. The summed E-state index contributed by atoms with van der Waals surface area (Å²) in [5.74, 6) is -1.36. The van der Waals surface area contributed by atoms with Gasteiger partial charge in [0.2, 0.25) is 0 Å². The van der Waals surface area contributed by atoms with E-state index in [9.17, 15) is 13.6 Å². The van der Waals surface area contributed by atoms with Gasteiger partial charge in [0.1, 0.15) is 17.3 Å². The van der Waals surface area contributed by atoms with Crippen molar-refractivity contribution in [3.05, 3.63) is 104 Å². The van der Waals surface area contributed by atoms with Crippen LogP contribution in [0.1, 0.15) is 5.56 Å². The van der Waals surface area contributed by atoms with Crippen molar-refractivity contribution in [3.63, 3.8) is 0 Å². The number of benzene rings is 3. The molecule has 5 aromatic rings. The molecule has 2 heterocycles. The normalized spacial score (nSPS) is 11.4. The number of thiazole rings is 1. The van der Waals surface area contributed by atoms with E-state index >= 15 is 0 Å². The molecule has 0 saturated heterocycles. The molecule has 0 aliphatic heterocycles. The Morgan fingerprint density at radius 1 is 0.900 bits per heavy atom. The number of para-hydroxylation sites is 1. The maximum Gasteiger partial charge on any atom is 0.261 e. The molecule has 7 heteroatoms. The molecule has 0 unspecified atom stereocenters. The van der Waals surface area contributed by atoms with Crippen LogP contribution in [0.3, 0.4) is 0 Å². The summed E-state index contributed by atoms with van der Waals surface area (Å²) in [5, 5.41) is 0.496. The molecule has 3 aromatic carbocycles. The van der Waals surface area contributed by atoms with Crippen LogP contribution in [0.5, 0.6) is 0 Å². The number of halogens is 2. The van der Waals surface area contributed by atoms with Gasteiger partial charge in [-0.1, -0.05) is 42.5 Å². The first-order valence-electron chi connectivity index (χ1n) is 9.20. The van der Waals surface area contributed by atoms with Gasteiger partial charge in [-0.05, 0) is 47.6 Å². The minimum atomic E-state index is -0.680. The van der Waals surface area contributed by atoms with Crippen molar-refractivity contribution in [3.8, 4) is 10.4 Å². The number of hydrogen-bond donors (Lipinski definition) is 0. The van der Waals surface area contributed by atoms with E-state index in [4.69, 9.17) is 12.2 Å². The number of hydrogen-bond acceptors (Lipinski definition) is 3. The van der Waals surface area contributed by atoms with Crippen molar-refractivity contribution in [2.75, 3.05) is 0 Å². The van der Waals surface area contributed by atoms with Gasteiger partial charge in [0.05, 0.1) is 22.3 Å². The summed E-state index contributed by atoms with van der Waals surface area (Å²) in [6, 6.07) is 20.2. The van der Waals surface area contributed by atoms with Crippen LogP contribution >= 0.6 is 23.6 Å². The van der Waals surface area contributed by atoms with Gasteiger partial charge in [-0.3, -0.25) is 13.8 Å². The fraction of sp³-hybridized carbons (Fsp3) is 0.0435. The summed E-state index contributed by atoms with van der Waals surface area (Å²) < 4.78 is 31.6. The molecule has 3 nitrogen and oxygen atoms in total. The molecule has 0 N–H and O–H groups in total. The Hall–Kier alpha value is -3.16. The Labute approximate surface area is 179 Å². The Morgan fingerprint density at radius 2 is 1.57 bits per heavy atom. The van der Waals surface area contributed by atoms with Gasteiger partial charge >= 0.3 is 0 Å². The Morgan fingerprint density at radius 3 is 2.30 bits per heavy atom. The second-order valence-corrected chi connectivity index (χ2v) is 8.55. The van der Waals surface area contributed by atoms with Crippen LogP contribution in [0, 0.1) is 15.6 Å². The highest BCUT2D eigenvalue weighted by Crippen LogP contribution is 2.33. The zero-order valence-corrected chi connectivity index (χ0v) is 17.1. The van der Waals surface area contributed by atoms with Crippen LogP contribution in [-0.2, 0) is 6.54 Å². The summed E-state index contributed by atoms with van der Waals surface area (Å²) >= 11 is 7.06. The molecule has 0 bridgehead atoms. The maximum atomic E-state index is 13.8. The minimum absolute atomic E-state index is 0.0210. The fourth-order valence-electron chi connectivity index (χ4n) is 3.72. The van der Waals surface area contributed by atoms with Gasteiger partial charge in [0.15, 0.2) is 3.95 Å². The van der Waals surface area contributed by atoms with E-state index in [1.54, 1.807) is 16.7 Å². The van der Waals surface area contributed by atoms with Crippen LogP contribution in [-0.4, -0.2) is 8.97 Å². The molecule has 0 aliphatic rings. The van der Waals surface area contributed by atoms with Gasteiger partial charge in [0.25, 0.3) is 5.56 Å². The summed E-state index contributed by atoms with van der Waals surface area (Å²) in [6.45, 7) is 0.0210. The van der Waals surface area contributed by atoms with E-state index < -0.39 is 11.6 Å². The predicted octanol–water partition coefficient (Wildman–Crippen LogP) is 6.04. The smallest absolute Gasteiger partial charge is 0.261 e. The second-order valence-electron chi connectivity index (χ2n) is 6.91. The highest BCUT2D eigenvalue weighted by atomic mass is 32.1. The van der Waals surface area contributed by atoms with Gasteiger partial charge in [0, 0.05) is 6.07 Å². The zero-order valence-electron chi connectivity index (χ0n) is 15.5. The van der Waals surface area contributed by atoms with Crippen molar-refractivity contribution in [1.82, 2.24) is 8.97 Å². The third-order valence-electron chi connectivity index (χ3n) is 4.96. The van der Waals surface area contributed by atoms with Gasteiger partial charge in [-0.15, -0.1) is 11.3 Å². The zero-order chi connectivity index (χ0) is 20.8. The monoisotopic (exact) mass is 436 g/mol. The lowest BCUT2D eigenvalue weighted by Gasteiger charge is -2.13.